The summed E-state index contributed by atoms with van der Waals surface area (Å²) in [5, 5.41) is 4.97. The molecule has 3 aromatic carbocycles. The molecule has 0 spiro atoms. The summed E-state index contributed by atoms with van der Waals surface area (Å²) >= 11 is 8.55. The molecule has 1 aliphatic rings. The van der Waals surface area contributed by atoms with E-state index in [1.54, 1.807) is 54.6 Å². The van der Waals surface area contributed by atoms with Crippen LogP contribution >= 0.6 is 28.1 Å². The van der Waals surface area contributed by atoms with Crippen molar-refractivity contribution in [3.05, 3.63) is 94.2 Å². The Bertz CT molecular complexity index is 1360. The van der Waals surface area contributed by atoms with Crippen molar-refractivity contribution in [2.45, 2.75) is 0 Å². The van der Waals surface area contributed by atoms with Crippen molar-refractivity contribution >= 4 is 68.4 Å². The number of nitrogens with zero attached hydrogens (tertiary/aromatic N) is 1. The lowest BCUT2D eigenvalue weighted by Crippen LogP contribution is -2.54. The smallest absolute Gasteiger partial charge is 0.270 e. The van der Waals surface area contributed by atoms with E-state index in [4.69, 9.17) is 17.0 Å². The predicted molar refractivity (Wildman–Crippen MR) is 137 cm³/mol. The van der Waals surface area contributed by atoms with Crippen molar-refractivity contribution in [3.8, 4) is 5.75 Å². The maximum Gasteiger partial charge on any atom is 0.270 e. The van der Waals surface area contributed by atoms with Crippen LogP contribution in [0.4, 0.5) is 15.8 Å². The molecule has 35 heavy (non-hydrogen) atoms. The van der Waals surface area contributed by atoms with Crippen LogP contribution in [0.1, 0.15) is 5.56 Å². The number of anilines is 2. The van der Waals surface area contributed by atoms with Crippen LogP contribution in [0, 0.1) is 5.82 Å². The van der Waals surface area contributed by atoms with Crippen molar-refractivity contribution in [1.82, 2.24) is 5.32 Å². The number of hydrogen-bond acceptors (Lipinski definition) is 5. The van der Waals surface area contributed by atoms with E-state index in [2.05, 4.69) is 26.6 Å². The van der Waals surface area contributed by atoms with Gasteiger partial charge < -0.3 is 10.1 Å². The minimum atomic E-state index is -0.603. The first-order valence-corrected chi connectivity index (χ1v) is 11.5. The molecule has 0 bridgehead atoms. The highest BCUT2D eigenvalue weighted by Gasteiger charge is 2.34. The second-order valence-corrected chi connectivity index (χ2v) is 8.54. The van der Waals surface area contributed by atoms with Crippen molar-refractivity contribution < 1.29 is 23.5 Å². The molecule has 0 aliphatic carbocycles. The Morgan fingerprint density at radius 2 is 1.80 bits per heavy atom. The van der Waals surface area contributed by atoms with Gasteiger partial charge in [-0.05, 0) is 76.2 Å². The molecule has 10 heteroatoms. The highest BCUT2D eigenvalue weighted by Crippen LogP contribution is 2.28. The second-order valence-electron chi connectivity index (χ2n) is 7.30. The average Bonchev–Trinajstić information content (AvgIpc) is 2.83. The third-order valence-corrected chi connectivity index (χ3v) is 5.79. The lowest BCUT2D eigenvalue weighted by molar-refractivity contribution is -0.122. The molecule has 1 aliphatic heterocycles. The zero-order valence-corrected chi connectivity index (χ0v) is 20.4. The summed E-state index contributed by atoms with van der Waals surface area (Å²) in [5.74, 6) is -1.89. The van der Waals surface area contributed by atoms with Gasteiger partial charge in [0.15, 0.2) is 11.7 Å². The van der Waals surface area contributed by atoms with Crippen LogP contribution in [0.3, 0.4) is 0 Å². The number of para-hydroxylation sites is 2. The molecule has 0 unspecified atom stereocenters. The van der Waals surface area contributed by atoms with Gasteiger partial charge in [-0.2, -0.15) is 0 Å². The summed E-state index contributed by atoms with van der Waals surface area (Å²) in [7, 11) is 0. The Kier molecular flexibility index (Phi) is 7.33. The molecule has 176 valence electrons. The lowest BCUT2D eigenvalue weighted by atomic mass is 10.1. The summed E-state index contributed by atoms with van der Waals surface area (Å²) in [6.45, 7) is -0.349. The number of carbonyl (C=O) groups excluding carboxylic acids is 3. The number of hydrogen-bond donors (Lipinski definition) is 2. The van der Waals surface area contributed by atoms with Gasteiger partial charge in [0.1, 0.15) is 17.1 Å². The fourth-order valence-corrected chi connectivity index (χ4v) is 4.04. The Labute approximate surface area is 213 Å². The van der Waals surface area contributed by atoms with Gasteiger partial charge in [0.2, 0.25) is 0 Å². The molecule has 0 aromatic heterocycles. The maximum absolute atomic E-state index is 13.7. The van der Waals surface area contributed by atoms with Crippen molar-refractivity contribution in [2.24, 2.45) is 0 Å². The van der Waals surface area contributed by atoms with Gasteiger partial charge in [0.25, 0.3) is 17.7 Å². The van der Waals surface area contributed by atoms with Crippen LogP contribution in [0.5, 0.6) is 5.75 Å². The fourth-order valence-electron chi connectivity index (χ4n) is 3.25. The summed E-state index contributed by atoms with van der Waals surface area (Å²) in [6, 6.07) is 19.4. The van der Waals surface area contributed by atoms with Gasteiger partial charge in [-0.3, -0.25) is 24.6 Å². The van der Waals surface area contributed by atoms with Crippen molar-refractivity contribution in [1.29, 1.82) is 0 Å². The number of halogens is 2. The SMILES string of the molecule is O=C(COc1ccc(/C=C2/C(=O)NC(=S)N(c3ccccc3)C2=O)cc1Br)Nc1ccccc1F. The van der Waals surface area contributed by atoms with Crippen LogP contribution in [-0.4, -0.2) is 29.4 Å². The van der Waals surface area contributed by atoms with Gasteiger partial charge in [0, 0.05) is 0 Å². The van der Waals surface area contributed by atoms with Crippen molar-refractivity contribution in [3.63, 3.8) is 0 Å². The zero-order valence-electron chi connectivity index (χ0n) is 18.0. The molecule has 1 fully saturated rings. The first-order valence-electron chi connectivity index (χ1n) is 10.3. The normalized spacial score (nSPS) is 14.6. The molecular weight excluding hydrogens is 537 g/mol. The van der Waals surface area contributed by atoms with E-state index < -0.39 is 23.5 Å². The summed E-state index contributed by atoms with van der Waals surface area (Å²) < 4.78 is 19.7. The van der Waals surface area contributed by atoms with Gasteiger partial charge in [0.05, 0.1) is 15.8 Å². The van der Waals surface area contributed by atoms with Gasteiger partial charge >= 0.3 is 0 Å². The zero-order chi connectivity index (χ0) is 24.9. The van der Waals surface area contributed by atoms with Gasteiger partial charge in [-0.25, -0.2) is 4.39 Å². The molecule has 0 radical (unpaired) electrons. The number of thiocarbonyl (C=S) groups is 1. The molecule has 3 aromatic rings. The minimum Gasteiger partial charge on any atom is -0.483 e. The fraction of sp³-hybridized carbons (Fsp3) is 0.0400. The van der Waals surface area contributed by atoms with E-state index in [0.29, 0.717) is 21.5 Å². The number of nitrogens with one attached hydrogen (secondary N) is 2. The van der Waals surface area contributed by atoms with Crippen LogP contribution in [-0.2, 0) is 14.4 Å². The van der Waals surface area contributed by atoms with Crippen LogP contribution in [0.15, 0.2) is 82.8 Å². The molecule has 4 rings (SSSR count). The van der Waals surface area contributed by atoms with Gasteiger partial charge in [-0.15, -0.1) is 0 Å². The number of carbonyl (C=O) groups is 3. The first kappa shape index (κ1) is 24.2. The number of rotatable bonds is 6. The molecule has 1 saturated heterocycles. The van der Waals surface area contributed by atoms with E-state index in [1.165, 1.54) is 29.2 Å². The maximum atomic E-state index is 13.7. The van der Waals surface area contributed by atoms with E-state index >= 15 is 0 Å². The van der Waals surface area contributed by atoms with Crippen LogP contribution < -0.4 is 20.3 Å². The first-order chi connectivity index (χ1) is 16.8. The van der Waals surface area contributed by atoms with Crippen molar-refractivity contribution in [2.75, 3.05) is 16.8 Å². The summed E-state index contributed by atoms with van der Waals surface area (Å²) in [4.78, 5) is 38.9. The highest BCUT2D eigenvalue weighted by atomic mass is 79.9. The number of ether oxygens (including phenoxy) is 1. The van der Waals surface area contributed by atoms with E-state index in [0.717, 1.165) is 0 Å². The molecule has 0 atom stereocenters. The molecule has 7 nitrogen and oxygen atoms in total. The van der Waals surface area contributed by atoms with E-state index in [-0.39, 0.29) is 23.0 Å². The largest absolute Gasteiger partial charge is 0.483 e. The Hall–Kier alpha value is -3.89. The Morgan fingerprint density at radius 3 is 2.51 bits per heavy atom. The monoisotopic (exact) mass is 553 g/mol. The lowest BCUT2D eigenvalue weighted by Gasteiger charge is -2.28. The molecule has 0 saturated carbocycles. The molecule has 1 heterocycles. The van der Waals surface area contributed by atoms with E-state index in [1.807, 2.05) is 0 Å². The average molecular weight is 554 g/mol. The van der Waals surface area contributed by atoms with Crippen LogP contribution in [0.25, 0.3) is 6.08 Å². The third kappa shape index (κ3) is 5.61. The third-order valence-electron chi connectivity index (χ3n) is 4.89. The van der Waals surface area contributed by atoms with Gasteiger partial charge in [-0.1, -0.05) is 36.4 Å². The Balaban J connectivity index is 1.47. The Morgan fingerprint density at radius 1 is 1.09 bits per heavy atom. The standard InChI is InChI=1S/C25H17BrFN3O4S/c26-18-13-15(10-11-21(18)34-14-22(31)28-20-9-5-4-8-19(20)27)12-17-23(32)29-25(35)30(24(17)33)16-6-2-1-3-7-16/h1-13H,14H2,(H,28,31)(H,29,32,35)/b17-12-. The van der Waals surface area contributed by atoms with E-state index in [9.17, 15) is 18.8 Å². The van der Waals surface area contributed by atoms with Crippen LogP contribution in [0.2, 0.25) is 0 Å². The number of benzene rings is 3. The molecular formula is C25H17BrFN3O4S. The summed E-state index contributed by atoms with van der Waals surface area (Å²) in [5.41, 5.74) is 1.04. The number of amides is 3. The second kappa shape index (κ2) is 10.6. The highest BCUT2D eigenvalue weighted by molar-refractivity contribution is 9.10. The molecule has 2 N–H and O–H groups in total. The minimum absolute atomic E-state index is 0.00180. The topological polar surface area (TPSA) is 87.7 Å². The molecule has 3 amide bonds. The summed E-state index contributed by atoms with van der Waals surface area (Å²) in [6.07, 6.45) is 1.44. The predicted octanol–water partition coefficient (Wildman–Crippen LogP) is 4.44. The quantitative estimate of drug-likeness (QED) is 0.268.